The van der Waals surface area contributed by atoms with E-state index in [0.29, 0.717) is 6.07 Å². The molecule has 0 radical (unpaired) electrons. The third kappa shape index (κ3) is 2.01. The summed E-state index contributed by atoms with van der Waals surface area (Å²) in [6, 6.07) is 1.46. The molecule has 1 aromatic carbocycles. The van der Waals surface area contributed by atoms with Crippen molar-refractivity contribution in [2.45, 2.75) is 0 Å². The second kappa shape index (κ2) is 3.91. The number of nitrogens with zero attached hydrogens (tertiary/aromatic N) is 1. The van der Waals surface area contributed by atoms with Gasteiger partial charge in [0, 0.05) is 0 Å². The molecular formula is C8H7FN2O4. The van der Waals surface area contributed by atoms with Crippen LogP contribution in [0.4, 0.5) is 15.8 Å². The van der Waals surface area contributed by atoms with E-state index in [9.17, 15) is 19.3 Å². The Balaban J connectivity index is 3.41. The molecule has 0 spiro atoms. The molecule has 0 saturated heterocycles. The zero-order valence-corrected chi connectivity index (χ0v) is 7.69. The molecule has 1 rings (SSSR count). The van der Waals surface area contributed by atoms with Crippen molar-refractivity contribution in [2.24, 2.45) is 0 Å². The van der Waals surface area contributed by atoms with Gasteiger partial charge in [0.05, 0.1) is 23.8 Å². The van der Waals surface area contributed by atoms with Gasteiger partial charge in [-0.15, -0.1) is 0 Å². The third-order valence-corrected chi connectivity index (χ3v) is 1.72. The van der Waals surface area contributed by atoms with Crippen LogP contribution in [0.25, 0.3) is 0 Å². The molecule has 80 valence electrons. The largest absolute Gasteiger partial charge is 0.465 e. The van der Waals surface area contributed by atoms with Crippen molar-refractivity contribution in [3.8, 4) is 0 Å². The normalized spacial score (nSPS) is 9.73. The van der Waals surface area contributed by atoms with Gasteiger partial charge in [0.1, 0.15) is 5.56 Å². The predicted molar refractivity (Wildman–Crippen MR) is 48.8 cm³/mol. The lowest BCUT2D eigenvalue weighted by Gasteiger charge is -2.03. The Bertz CT molecular complexity index is 433. The van der Waals surface area contributed by atoms with Gasteiger partial charge >= 0.3 is 5.97 Å². The summed E-state index contributed by atoms with van der Waals surface area (Å²) in [5.41, 5.74) is 3.78. The number of hydrogen-bond acceptors (Lipinski definition) is 5. The number of hydrogen-bond donors (Lipinski definition) is 1. The molecule has 0 aliphatic heterocycles. The maximum atomic E-state index is 12.9. The topological polar surface area (TPSA) is 95.5 Å². The van der Waals surface area contributed by atoms with Crippen LogP contribution >= 0.6 is 0 Å². The van der Waals surface area contributed by atoms with Crippen molar-refractivity contribution in [3.05, 3.63) is 33.6 Å². The molecule has 6 nitrogen and oxygen atoms in total. The van der Waals surface area contributed by atoms with E-state index in [0.717, 1.165) is 13.2 Å². The molecule has 2 N–H and O–H groups in total. The van der Waals surface area contributed by atoms with E-state index in [4.69, 9.17) is 5.73 Å². The smallest absolute Gasteiger partial charge is 0.344 e. The fraction of sp³-hybridized carbons (Fsp3) is 0.125. The summed E-state index contributed by atoms with van der Waals surface area (Å²) in [5, 5.41) is 10.5. The van der Waals surface area contributed by atoms with Gasteiger partial charge in [-0.2, -0.15) is 0 Å². The van der Waals surface area contributed by atoms with Crippen molar-refractivity contribution in [3.63, 3.8) is 0 Å². The molecule has 0 atom stereocenters. The average molecular weight is 214 g/mol. The number of methoxy groups -OCH3 is 1. The Morgan fingerprint density at radius 3 is 2.67 bits per heavy atom. The zero-order valence-electron chi connectivity index (χ0n) is 7.69. The first-order chi connectivity index (χ1) is 6.97. The molecule has 15 heavy (non-hydrogen) atoms. The van der Waals surface area contributed by atoms with Crippen LogP contribution in [0.1, 0.15) is 10.4 Å². The number of halogens is 1. The first kappa shape index (κ1) is 10.9. The van der Waals surface area contributed by atoms with E-state index < -0.39 is 22.4 Å². The molecule has 0 heterocycles. The molecule has 0 bridgehead atoms. The maximum Gasteiger partial charge on any atom is 0.344 e. The van der Waals surface area contributed by atoms with E-state index in [1.165, 1.54) is 0 Å². The number of ether oxygens (including phenoxy) is 1. The number of esters is 1. The standard InChI is InChI=1S/C8H7FN2O4/c1-15-8(12)4-2-6(10)5(9)3-7(4)11(13)14/h2-3H,10H2,1H3. The number of anilines is 1. The number of nitro groups is 1. The van der Waals surface area contributed by atoms with Crippen molar-refractivity contribution < 1.29 is 18.8 Å². The van der Waals surface area contributed by atoms with Gasteiger partial charge in [-0.3, -0.25) is 10.1 Å². The summed E-state index contributed by atoms with van der Waals surface area (Å²) in [5.74, 6) is -1.89. The minimum atomic E-state index is -0.950. The van der Waals surface area contributed by atoms with E-state index in [1.54, 1.807) is 0 Å². The number of carbonyl (C=O) groups excluding carboxylic acids is 1. The highest BCUT2D eigenvalue weighted by molar-refractivity contribution is 5.94. The lowest BCUT2D eigenvalue weighted by atomic mass is 10.1. The number of benzene rings is 1. The first-order valence-corrected chi connectivity index (χ1v) is 3.79. The molecule has 0 aliphatic rings. The molecule has 0 aliphatic carbocycles. The van der Waals surface area contributed by atoms with Crippen LogP contribution in [-0.2, 0) is 4.74 Å². The summed E-state index contributed by atoms with van der Waals surface area (Å²) >= 11 is 0. The van der Waals surface area contributed by atoms with E-state index in [-0.39, 0.29) is 11.3 Å². The van der Waals surface area contributed by atoms with Crippen LogP contribution in [0.2, 0.25) is 0 Å². The summed E-state index contributed by atoms with van der Waals surface area (Å²) in [4.78, 5) is 20.7. The lowest BCUT2D eigenvalue weighted by molar-refractivity contribution is -0.385. The molecule has 0 unspecified atom stereocenters. The van der Waals surface area contributed by atoms with Crippen LogP contribution in [0.5, 0.6) is 0 Å². The van der Waals surface area contributed by atoms with Crippen molar-refractivity contribution in [1.82, 2.24) is 0 Å². The molecule has 0 aromatic heterocycles. The Morgan fingerprint density at radius 2 is 2.20 bits per heavy atom. The summed E-state index contributed by atoms with van der Waals surface area (Å²) < 4.78 is 17.2. The Labute approximate surface area is 83.6 Å². The quantitative estimate of drug-likeness (QED) is 0.344. The number of rotatable bonds is 2. The van der Waals surface area contributed by atoms with E-state index in [1.807, 2.05) is 0 Å². The SMILES string of the molecule is COC(=O)c1cc(N)c(F)cc1[N+](=O)[O-]. The zero-order chi connectivity index (χ0) is 11.6. The van der Waals surface area contributed by atoms with Crippen LogP contribution in [-0.4, -0.2) is 18.0 Å². The van der Waals surface area contributed by atoms with Crippen LogP contribution < -0.4 is 5.73 Å². The molecule has 0 saturated carbocycles. The number of carbonyl (C=O) groups is 1. The second-order valence-corrected chi connectivity index (χ2v) is 2.64. The van der Waals surface area contributed by atoms with E-state index >= 15 is 0 Å². The highest BCUT2D eigenvalue weighted by Crippen LogP contribution is 2.24. The van der Waals surface area contributed by atoms with Crippen molar-refractivity contribution in [1.29, 1.82) is 0 Å². The number of nitrogens with two attached hydrogens (primary N) is 1. The molecular weight excluding hydrogens is 207 g/mol. The Kier molecular flexibility index (Phi) is 2.84. The van der Waals surface area contributed by atoms with E-state index in [2.05, 4.69) is 4.74 Å². The minimum Gasteiger partial charge on any atom is -0.465 e. The highest BCUT2D eigenvalue weighted by Gasteiger charge is 2.23. The maximum absolute atomic E-state index is 12.9. The summed E-state index contributed by atoms with van der Waals surface area (Å²) in [7, 11) is 1.06. The number of nitrogen functional groups attached to an aromatic ring is 1. The van der Waals surface area contributed by atoms with Crippen molar-refractivity contribution in [2.75, 3.05) is 12.8 Å². The van der Waals surface area contributed by atoms with Gasteiger partial charge in [0.25, 0.3) is 5.69 Å². The highest BCUT2D eigenvalue weighted by atomic mass is 19.1. The number of nitro benzene ring substituents is 1. The molecule has 1 aromatic rings. The van der Waals surface area contributed by atoms with Crippen LogP contribution in [0.3, 0.4) is 0 Å². The molecule has 0 fully saturated rings. The molecule has 7 heteroatoms. The fourth-order valence-electron chi connectivity index (χ4n) is 1.00. The Morgan fingerprint density at radius 1 is 1.60 bits per heavy atom. The van der Waals surface area contributed by atoms with Gasteiger partial charge in [0.15, 0.2) is 5.82 Å². The monoisotopic (exact) mass is 214 g/mol. The van der Waals surface area contributed by atoms with Crippen LogP contribution in [0.15, 0.2) is 12.1 Å². The van der Waals surface area contributed by atoms with Gasteiger partial charge in [-0.05, 0) is 6.07 Å². The summed E-state index contributed by atoms with van der Waals surface area (Å²) in [6.07, 6.45) is 0. The lowest BCUT2D eigenvalue weighted by Crippen LogP contribution is -2.07. The van der Waals surface area contributed by atoms with Crippen molar-refractivity contribution >= 4 is 17.3 Å². The predicted octanol–water partition coefficient (Wildman–Crippen LogP) is 1.10. The first-order valence-electron chi connectivity index (χ1n) is 3.79. The third-order valence-electron chi connectivity index (χ3n) is 1.72. The van der Waals surface area contributed by atoms with Gasteiger partial charge in [-0.25, -0.2) is 9.18 Å². The second-order valence-electron chi connectivity index (χ2n) is 2.64. The average Bonchev–Trinajstić information content (AvgIpc) is 2.20. The van der Waals surface area contributed by atoms with Crippen LogP contribution in [0, 0.1) is 15.9 Å². The Hall–Kier alpha value is -2.18. The van der Waals surface area contributed by atoms with Gasteiger partial charge in [0.2, 0.25) is 0 Å². The summed E-state index contributed by atoms with van der Waals surface area (Å²) in [6.45, 7) is 0. The van der Waals surface area contributed by atoms with Gasteiger partial charge < -0.3 is 10.5 Å². The fourth-order valence-corrected chi connectivity index (χ4v) is 1.00. The minimum absolute atomic E-state index is 0.346. The molecule has 0 amide bonds. The van der Waals surface area contributed by atoms with Gasteiger partial charge in [-0.1, -0.05) is 0 Å².